The van der Waals surface area contributed by atoms with Crippen molar-refractivity contribution in [2.24, 2.45) is 10.4 Å². The molecule has 0 bridgehead atoms. The molecule has 118 valence electrons. The maximum atomic E-state index is 11.9. The fourth-order valence-corrected chi connectivity index (χ4v) is 2.19. The molecule has 0 aromatic heterocycles. The topological polar surface area (TPSA) is 36.9 Å². The van der Waals surface area contributed by atoms with Crippen LogP contribution in [-0.2, 0) is 4.74 Å². The van der Waals surface area contributed by atoms with E-state index in [1.807, 2.05) is 0 Å². The van der Waals surface area contributed by atoms with Crippen molar-refractivity contribution in [2.45, 2.75) is 32.9 Å². The second-order valence-electron chi connectivity index (χ2n) is 5.83. The Morgan fingerprint density at radius 2 is 2.10 bits per heavy atom. The van der Waals surface area contributed by atoms with Crippen LogP contribution < -0.4 is 5.32 Å². The van der Waals surface area contributed by atoms with E-state index in [-0.39, 0.29) is 12.0 Å². The van der Waals surface area contributed by atoms with Crippen LogP contribution in [0.15, 0.2) is 4.99 Å². The highest BCUT2D eigenvalue weighted by Gasteiger charge is 2.30. The van der Waals surface area contributed by atoms with Gasteiger partial charge in [0.15, 0.2) is 5.96 Å². The molecule has 1 aliphatic heterocycles. The minimum Gasteiger partial charge on any atom is -0.372 e. The quantitative estimate of drug-likeness (QED) is 0.480. The molecular weight excluding hydrogens is 271 g/mol. The van der Waals surface area contributed by atoms with Crippen LogP contribution in [0.4, 0.5) is 13.2 Å². The lowest BCUT2D eigenvalue weighted by Gasteiger charge is -2.23. The standard InChI is InChI=1S/C13H24F3N3O/c1-12(2)5-7-19(9-12)11(17-3)18-6-4-8-20-10-13(14,15)16/h4-10H2,1-3H3,(H,17,18). The second kappa shape index (κ2) is 7.15. The molecule has 0 aromatic rings. The molecule has 0 atom stereocenters. The van der Waals surface area contributed by atoms with Gasteiger partial charge in [0.1, 0.15) is 6.61 Å². The van der Waals surface area contributed by atoms with E-state index in [0.717, 1.165) is 25.5 Å². The first kappa shape index (κ1) is 17.1. The Labute approximate surface area is 118 Å². The van der Waals surface area contributed by atoms with Crippen LogP contribution in [-0.4, -0.2) is 56.9 Å². The smallest absolute Gasteiger partial charge is 0.372 e. The molecule has 0 saturated carbocycles. The first-order valence-electron chi connectivity index (χ1n) is 6.84. The van der Waals surface area contributed by atoms with Crippen molar-refractivity contribution in [3.05, 3.63) is 0 Å². The molecule has 0 spiro atoms. The molecule has 0 amide bonds. The number of ether oxygens (including phenoxy) is 1. The van der Waals surface area contributed by atoms with Crippen molar-refractivity contribution < 1.29 is 17.9 Å². The van der Waals surface area contributed by atoms with Gasteiger partial charge in [-0.1, -0.05) is 13.8 Å². The Kier molecular flexibility index (Phi) is 6.10. The molecule has 1 N–H and O–H groups in total. The van der Waals surface area contributed by atoms with Gasteiger partial charge in [-0.15, -0.1) is 0 Å². The van der Waals surface area contributed by atoms with Gasteiger partial charge in [0.25, 0.3) is 0 Å². The molecule has 0 aromatic carbocycles. The van der Waals surface area contributed by atoms with Crippen molar-refractivity contribution >= 4 is 5.96 Å². The molecule has 0 aliphatic carbocycles. The summed E-state index contributed by atoms with van der Waals surface area (Å²) in [7, 11) is 1.72. The van der Waals surface area contributed by atoms with Crippen LogP contribution in [0.25, 0.3) is 0 Å². The summed E-state index contributed by atoms with van der Waals surface area (Å²) in [5.74, 6) is 0.811. The van der Waals surface area contributed by atoms with Crippen molar-refractivity contribution in [2.75, 3.05) is 39.9 Å². The van der Waals surface area contributed by atoms with Gasteiger partial charge in [-0.05, 0) is 18.3 Å². The highest BCUT2D eigenvalue weighted by molar-refractivity contribution is 5.80. The molecule has 1 aliphatic rings. The van der Waals surface area contributed by atoms with E-state index in [2.05, 4.69) is 33.8 Å². The van der Waals surface area contributed by atoms with Crippen molar-refractivity contribution in [1.29, 1.82) is 0 Å². The Morgan fingerprint density at radius 1 is 1.40 bits per heavy atom. The van der Waals surface area contributed by atoms with Gasteiger partial charge in [-0.25, -0.2) is 0 Å². The van der Waals surface area contributed by atoms with Gasteiger partial charge in [-0.3, -0.25) is 4.99 Å². The van der Waals surface area contributed by atoms with Crippen LogP contribution in [0.2, 0.25) is 0 Å². The number of nitrogens with one attached hydrogen (secondary N) is 1. The number of hydrogen-bond donors (Lipinski definition) is 1. The summed E-state index contributed by atoms with van der Waals surface area (Å²) in [6.45, 7) is 5.80. The third-order valence-corrected chi connectivity index (χ3v) is 3.20. The number of halogens is 3. The van der Waals surface area contributed by atoms with E-state index in [4.69, 9.17) is 0 Å². The third-order valence-electron chi connectivity index (χ3n) is 3.20. The fraction of sp³-hybridized carbons (Fsp3) is 0.923. The minimum atomic E-state index is -4.25. The van der Waals surface area contributed by atoms with Gasteiger partial charge >= 0.3 is 6.18 Å². The average Bonchev–Trinajstić information content (AvgIpc) is 2.67. The van der Waals surface area contributed by atoms with Gasteiger partial charge in [0.2, 0.25) is 0 Å². The van der Waals surface area contributed by atoms with Crippen LogP contribution in [0, 0.1) is 5.41 Å². The van der Waals surface area contributed by atoms with Crippen LogP contribution in [0.1, 0.15) is 26.7 Å². The Bertz CT molecular complexity index is 329. The van der Waals surface area contributed by atoms with Gasteiger partial charge in [-0.2, -0.15) is 13.2 Å². The number of hydrogen-bond acceptors (Lipinski definition) is 2. The lowest BCUT2D eigenvalue weighted by molar-refractivity contribution is -0.173. The van der Waals surface area contributed by atoms with Crippen LogP contribution in [0.5, 0.6) is 0 Å². The van der Waals surface area contributed by atoms with Crippen molar-refractivity contribution in [3.63, 3.8) is 0 Å². The molecule has 4 nitrogen and oxygen atoms in total. The molecule has 20 heavy (non-hydrogen) atoms. The van der Waals surface area contributed by atoms with E-state index in [9.17, 15) is 13.2 Å². The Hall–Kier alpha value is -0.980. The number of alkyl halides is 3. The third kappa shape index (κ3) is 6.45. The zero-order valence-corrected chi connectivity index (χ0v) is 12.4. The zero-order valence-electron chi connectivity index (χ0n) is 12.4. The number of nitrogens with zero attached hydrogens (tertiary/aromatic N) is 2. The maximum Gasteiger partial charge on any atom is 0.411 e. The fourth-order valence-electron chi connectivity index (χ4n) is 2.19. The zero-order chi connectivity index (χ0) is 15.2. The predicted octanol–water partition coefficient (Wildman–Crippen LogP) is 2.26. The molecule has 1 fully saturated rings. The first-order chi connectivity index (χ1) is 9.23. The van der Waals surface area contributed by atoms with E-state index in [0.29, 0.717) is 13.0 Å². The Morgan fingerprint density at radius 3 is 2.60 bits per heavy atom. The minimum absolute atomic E-state index is 0.0923. The van der Waals surface area contributed by atoms with Gasteiger partial charge < -0.3 is 15.0 Å². The molecular formula is C13H24F3N3O. The second-order valence-corrected chi connectivity index (χ2v) is 5.83. The number of aliphatic imine (C=N–C) groups is 1. The van der Waals surface area contributed by atoms with Gasteiger partial charge in [0, 0.05) is 33.3 Å². The van der Waals surface area contributed by atoms with E-state index < -0.39 is 12.8 Å². The predicted molar refractivity (Wildman–Crippen MR) is 72.8 cm³/mol. The summed E-state index contributed by atoms with van der Waals surface area (Å²) in [4.78, 5) is 6.38. The number of rotatable bonds is 5. The average molecular weight is 295 g/mol. The Balaban J connectivity index is 2.17. The van der Waals surface area contributed by atoms with Crippen molar-refractivity contribution in [1.82, 2.24) is 10.2 Å². The van der Waals surface area contributed by atoms with E-state index in [1.165, 1.54) is 0 Å². The van der Waals surface area contributed by atoms with Crippen LogP contribution in [0.3, 0.4) is 0 Å². The molecule has 1 saturated heterocycles. The lowest BCUT2D eigenvalue weighted by atomic mass is 9.93. The monoisotopic (exact) mass is 295 g/mol. The van der Waals surface area contributed by atoms with Crippen LogP contribution >= 0.6 is 0 Å². The summed E-state index contributed by atoms with van der Waals surface area (Å²) in [6, 6.07) is 0. The summed E-state index contributed by atoms with van der Waals surface area (Å²) < 4.78 is 40.1. The first-order valence-corrected chi connectivity index (χ1v) is 6.84. The highest BCUT2D eigenvalue weighted by Crippen LogP contribution is 2.28. The maximum absolute atomic E-state index is 11.9. The lowest BCUT2D eigenvalue weighted by Crippen LogP contribution is -2.41. The number of likely N-dealkylation sites (tertiary alicyclic amines) is 1. The van der Waals surface area contributed by atoms with E-state index in [1.54, 1.807) is 7.05 Å². The van der Waals surface area contributed by atoms with Gasteiger partial charge in [0.05, 0.1) is 0 Å². The number of guanidine groups is 1. The normalized spacial score (nSPS) is 19.5. The molecule has 0 unspecified atom stereocenters. The highest BCUT2D eigenvalue weighted by atomic mass is 19.4. The van der Waals surface area contributed by atoms with Crippen molar-refractivity contribution in [3.8, 4) is 0 Å². The van der Waals surface area contributed by atoms with E-state index >= 15 is 0 Å². The summed E-state index contributed by atoms with van der Waals surface area (Å²) in [5.41, 5.74) is 0.285. The SMILES string of the molecule is CN=C(NCCCOCC(F)(F)F)N1CCC(C)(C)C1. The largest absolute Gasteiger partial charge is 0.411 e. The molecule has 0 radical (unpaired) electrons. The summed E-state index contributed by atoms with van der Waals surface area (Å²) in [6.07, 6.45) is -2.61. The molecule has 7 heteroatoms. The summed E-state index contributed by atoms with van der Waals surface area (Å²) in [5, 5.41) is 3.16. The molecule has 1 rings (SSSR count). The summed E-state index contributed by atoms with van der Waals surface area (Å²) >= 11 is 0. The molecule has 1 heterocycles.